The third-order valence-corrected chi connectivity index (χ3v) is 2.11. The van der Waals surface area contributed by atoms with E-state index < -0.39 is 18.5 Å². The molecular weight excluding hydrogens is 259 g/mol. The van der Waals surface area contributed by atoms with E-state index in [9.17, 15) is 18.0 Å². The average Bonchev–Trinajstić information content (AvgIpc) is 2.25. The number of aliphatic hydroxyl groups is 1. The Bertz CT molecular complexity index is 527. The molecule has 0 atom stereocenters. The predicted octanol–water partition coefficient (Wildman–Crippen LogP) is 2.23. The normalized spacial score (nSPS) is 10.6. The molecule has 1 amide bonds. The molecule has 0 radical (unpaired) electrons. The molecule has 0 spiro atoms. The van der Waals surface area contributed by atoms with Gasteiger partial charge in [0.2, 0.25) is 5.91 Å². The summed E-state index contributed by atoms with van der Waals surface area (Å²) in [6.45, 7) is 1.37. The molecular formula is C13H12F3NO2. The van der Waals surface area contributed by atoms with E-state index in [0.29, 0.717) is 5.56 Å². The fourth-order valence-corrected chi connectivity index (χ4v) is 1.38. The molecule has 0 saturated heterocycles. The van der Waals surface area contributed by atoms with Gasteiger partial charge in [-0.2, -0.15) is 13.2 Å². The molecule has 0 unspecified atom stereocenters. The fourth-order valence-electron chi connectivity index (χ4n) is 1.38. The van der Waals surface area contributed by atoms with Crippen molar-refractivity contribution >= 4 is 11.6 Å². The minimum atomic E-state index is -4.55. The standard InChI is InChI=1S/C13H12F3NO2/c1-9-4-5-10(3-2-6-18)11(7-9)17-12(19)8-13(14,15)16/h4-5,7,18H,6,8H2,1H3,(H,17,19). The van der Waals surface area contributed by atoms with E-state index in [4.69, 9.17) is 5.11 Å². The van der Waals surface area contributed by atoms with Crippen molar-refractivity contribution in [3.05, 3.63) is 29.3 Å². The van der Waals surface area contributed by atoms with Crippen molar-refractivity contribution in [1.29, 1.82) is 0 Å². The minimum absolute atomic E-state index is 0.204. The highest BCUT2D eigenvalue weighted by molar-refractivity contribution is 5.92. The molecule has 1 aromatic carbocycles. The quantitative estimate of drug-likeness (QED) is 0.810. The molecule has 0 heterocycles. The second-order valence-corrected chi connectivity index (χ2v) is 3.85. The molecule has 0 saturated carbocycles. The fraction of sp³-hybridized carbons (Fsp3) is 0.308. The molecule has 0 aliphatic carbocycles. The highest BCUT2D eigenvalue weighted by Crippen LogP contribution is 2.22. The number of nitrogens with one attached hydrogen (secondary N) is 1. The summed E-state index contributed by atoms with van der Waals surface area (Å²) in [7, 11) is 0. The maximum atomic E-state index is 12.1. The molecule has 102 valence electrons. The van der Waals surface area contributed by atoms with Crippen LogP contribution in [-0.4, -0.2) is 23.8 Å². The number of amides is 1. The number of anilines is 1. The third-order valence-electron chi connectivity index (χ3n) is 2.11. The van der Waals surface area contributed by atoms with Crippen LogP contribution in [0.2, 0.25) is 0 Å². The molecule has 0 fully saturated rings. The molecule has 0 aromatic heterocycles. The molecule has 19 heavy (non-hydrogen) atoms. The van der Waals surface area contributed by atoms with E-state index in [2.05, 4.69) is 17.2 Å². The highest BCUT2D eigenvalue weighted by Gasteiger charge is 2.31. The van der Waals surface area contributed by atoms with Crippen LogP contribution in [0.3, 0.4) is 0 Å². The summed E-state index contributed by atoms with van der Waals surface area (Å²) >= 11 is 0. The van der Waals surface area contributed by atoms with Crippen LogP contribution < -0.4 is 5.32 Å². The number of benzene rings is 1. The molecule has 1 rings (SSSR count). The van der Waals surface area contributed by atoms with E-state index in [1.165, 1.54) is 6.07 Å². The van der Waals surface area contributed by atoms with Crippen LogP contribution in [0.1, 0.15) is 17.5 Å². The average molecular weight is 271 g/mol. The van der Waals surface area contributed by atoms with Gasteiger partial charge in [-0.25, -0.2) is 0 Å². The Labute approximate surface area is 108 Å². The Morgan fingerprint density at radius 3 is 2.68 bits per heavy atom. The Balaban J connectivity index is 2.93. The van der Waals surface area contributed by atoms with Crippen LogP contribution in [0.5, 0.6) is 0 Å². The summed E-state index contributed by atoms with van der Waals surface area (Å²) in [6, 6.07) is 4.80. The Kier molecular flexibility index (Phi) is 4.95. The largest absolute Gasteiger partial charge is 0.397 e. The number of carbonyl (C=O) groups excluding carboxylic acids is 1. The van der Waals surface area contributed by atoms with Crippen LogP contribution in [0.15, 0.2) is 18.2 Å². The topological polar surface area (TPSA) is 49.3 Å². The van der Waals surface area contributed by atoms with E-state index in [1.54, 1.807) is 19.1 Å². The van der Waals surface area contributed by atoms with Gasteiger partial charge >= 0.3 is 6.18 Å². The molecule has 0 aliphatic heterocycles. The van der Waals surface area contributed by atoms with Crippen LogP contribution in [-0.2, 0) is 4.79 Å². The van der Waals surface area contributed by atoms with Gasteiger partial charge in [0.05, 0.1) is 5.69 Å². The number of carbonyl (C=O) groups is 1. The van der Waals surface area contributed by atoms with Gasteiger partial charge in [-0.15, -0.1) is 0 Å². The Hall–Kier alpha value is -2.00. The van der Waals surface area contributed by atoms with Crippen molar-refractivity contribution in [3.63, 3.8) is 0 Å². The smallest absolute Gasteiger partial charge is 0.384 e. The van der Waals surface area contributed by atoms with Crippen molar-refractivity contribution in [3.8, 4) is 11.8 Å². The summed E-state index contributed by atoms with van der Waals surface area (Å²) in [5, 5.41) is 10.8. The van der Waals surface area contributed by atoms with Gasteiger partial charge in [0.25, 0.3) is 0 Å². The molecule has 1 aromatic rings. The van der Waals surface area contributed by atoms with Crippen LogP contribution in [0, 0.1) is 18.8 Å². The molecule has 0 aliphatic rings. The van der Waals surface area contributed by atoms with E-state index in [1.807, 2.05) is 0 Å². The molecule has 6 heteroatoms. The number of halogens is 3. The molecule has 0 bridgehead atoms. The molecule has 2 N–H and O–H groups in total. The van der Waals surface area contributed by atoms with Crippen molar-refractivity contribution < 1.29 is 23.1 Å². The Morgan fingerprint density at radius 2 is 2.11 bits per heavy atom. The van der Waals surface area contributed by atoms with Gasteiger partial charge in [0, 0.05) is 5.56 Å². The second-order valence-electron chi connectivity index (χ2n) is 3.85. The number of hydrogen-bond acceptors (Lipinski definition) is 2. The summed E-state index contributed by atoms with van der Waals surface area (Å²) in [5.74, 6) is 3.79. The summed E-state index contributed by atoms with van der Waals surface area (Å²) < 4.78 is 36.2. The van der Waals surface area contributed by atoms with Gasteiger partial charge in [0.1, 0.15) is 13.0 Å². The third kappa shape index (κ3) is 5.44. The number of alkyl halides is 3. The maximum Gasteiger partial charge on any atom is 0.397 e. The number of aliphatic hydroxyl groups excluding tert-OH is 1. The van der Waals surface area contributed by atoms with Gasteiger partial charge < -0.3 is 10.4 Å². The van der Waals surface area contributed by atoms with Crippen molar-refractivity contribution in [2.45, 2.75) is 19.5 Å². The number of rotatable bonds is 2. The van der Waals surface area contributed by atoms with Gasteiger partial charge in [-0.3, -0.25) is 4.79 Å². The first-order valence-corrected chi connectivity index (χ1v) is 5.39. The maximum absolute atomic E-state index is 12.1. The first kappa shape index (κ1) is 15.1. The lowest BCUT2D eigenvalue weighted by atomic mass is 10.1. The monoisotopic (exact) mass is 271 g/mol. The van der Waals surface area contributed by atoms with E-state index in [0.717, 1.165) is 5.56 Å². The predicted molar refractivity (Wildman–Crippen MR) is 64.4 cm³/mol. The number of hydrogen-bond donors (Lipinski definition) is 2. The summed E-state index contributed by atoms with van der Waals surface area (Å²) in [4.78, 5) is 11.2. The van der Waals surface area contributed by atoms with E-state index in [-0.39, 0.29) is 12.3 Å². The second kappa shape index (κ2) is 6.25. The van der Waals surface area contributed by atoms with Crippen LogP contribution in [0.25, 0.3) is 0 Å². The van der Waals surface area contributed by atoms with Crippen molar-refractivity contribution in [2.75, 3.05) is 11.9 Å². The van der Waals surface area contributed by atoms with Crippen molar-refractivity contribution in [2.24, 2.45) is 0 Å². The highest BCUT2D eigenvalue weighted by atomic mass is 19.4. The van der Waals surface area contributed by atoms with Gasteiger partial charge in [-0.1, -0.05) is 17.9 Å². The SMILES string of the molecule is Cc1ccc(C#CCO)c(NC(=O)CC(F)(F)F)c1. The van der Waals surface area contributed by atoms with Crippen LogP contribution in [0.4, 0.5) is 18.9 Å². The molecule has 3 nitrogen and oxygen atoms in total. The van der Waals surface area contributed by atoms with E-state index >= 15 is 0 Å². The van der Waals surface area contributed by atoms with Crippen molar-refractivity contribution in [1.82, 2.24) is 0 Å². The number of aryl methyl sites for hydroxylation is 1. The Morgan fingerprint density at radius 1 is 1.42 bits per heavy atom. The zero-order chi connectivity index (χ0) is 14.5. The first-order chi connectivity index (χ1) is 8.81. The lowest BCUT2D eigenvalue weighted by Crippen LogP contribution is -2.21. The lowest BCUT2D eigenvalue weighted by Gasteiger charge is -2.10. The first-order valence-electron chi connectivity index (χ1n) is 5.39. The summed E-state index contributed by atoms with van der Waals surface area (Å²) in [6.07, 6.45) is -6.10. The zero-order valence-corrected chi connectivity index (χ0v) is 10.1. The zero-order valence-electron chi connectivity index (χ0n) is 10.1. The lowest BCUT2D eigenvalue weighted by molar-refractivity contribution is -0.150. The van der Waals surface area contributed by atoms with Gasteiger partial charge in [-0.05, 0) is 24.6 Å². The van der Waals surface area contributed by atoms with Crippen LogP contribution >= 0.6 is 0 Å². The minimum Gasteiger partial charge on any atom is -0.384 e. The summed E-state index contributed by atoms with van der Waals surface area (Å²) in [5.41, 5.74) is 1.34. The van der Waals surface area contributed by atoms with Gasteiger partial charge in [0.15, 0.2) is 0 Å².